The van der Waals surface area contributed by atoms with E-state index in [2.05, 4.69) is 78.5 Å². The molecule has 0 saturated carbocycles. The number of hydrogen-bond donors (Lipinski definition) is 2. The molecule has 1 aliphatic rings. The minimum atomic E-state index is -1.26. The third kappa shape index (κ3) is 7.35. The molecule has 0 radical (unpaired) electrons. The topological polar surface area (TPSA) is 106 Å². The minimum absolute atomic E-state index is 0.558. The Hall–Kier alpha value is -4.30. The van der Waals surface area contributed by atoms with Crippen molar-refractivity contribution in [2.45, 2.75) is 12.8 Å². The van der Waals surface area contributed by atoms with Crippen molar-refractivity contribution >= 4 is 34.8 Å². The number of unbranched alkanes of at least 4 members (excludes halogenated alkanes) is 1. The van der Waals surface area contributed by atoms with Crippen molar-refractivity contribution in [3.63, 3.8) is 0 Å². The molecule has 2 aromatic carbocycles. The van der Waals surface area contributed by atoms with Gasteiger partial charge in [0.2, 0.25) is 0 Å². The molecule has 0 saturated heterocycles. The van der Waals surface area contributed by atoms with Crippen LogP contribution in [0, 0.1) is 0 Å². The molecule has 36 heavy (non-hydrogen) atoms. The number of carboxylic acids is 2. The number of nitrogens with zero attached hydrogens (tertiary/aromatic N) is 4. The van der Waals surface area contributed by atoms with Gasteiger partial charge in [-0.05, 0) is 51.7 Å². The number of rotatable bonds is 8. The number of carbonyl (C=O) groups is 2. The second kappa shape index (κ2) is 13.0. The number of aromatic nitrogens is 1. The van der Waals surface area contributed by atoms with E-state index < -0.39 is 11.9 Å². The van der Waals surface area contributed by atoms with Crippen molar-refractivity contribution in [2.75, 3.05) is 32.1 Å². The van der Waals surface area contributed by atoms with Crippen LogP contribution in [0.2, 0.25) is 0 Å². The van der Waals surface area contributed by atoms with E-state index >= 15 is 0 Å². The third-order valence-electron chi connectivity index (χ3n) is 5.36. The van der Waals surface area contributed by atoms with E-state index in [9.17, 15) is 9.59 Å². The fourth-order valence-corrected chi connectivity index (χ4v) is 3.77. The number of hydrogen-bond acceptors (Lipinski definition) is 6. The van der Waals surface area contributed by atoms with Crippen molar-refractivity contribution in [3.05, 3.63) is 96.2 Å². The highest BCUT2D eigenvalue weighted by Gasteiger charge is 2.24. The molecule has 0 amide bonds. The van der Waals surface area contributed by atoms with Gasteiger partial charge in [0.15, 0.2) is 5.82 Å². The van der Waals surface area contributed by atoms with E-state index in [1.165, 1.54) is 5.69 Å². The summed E-state index contributed by atoms with van der Waals surface area (Å²) in [5, 5.41) is 15.6. The molecule has 2 heterocycles. The lowest BCUT2D eigenvalue weighted by atomic mass is 10.00. The molecular weight excluding hydrogens is 456 g/mol. The minimum Gasteiger partial charge on any atom is -0.478 e. The number of pyridine rings is 1. The van der Waals surface area contributed by atoms with Gasteiger partial charge >= 0.3 is 11.9 Å². The van der Waals surface area contributed by atoms with Gasteiger partial charge in [-0.2, -0.15) is 0 Å². The van der Waals surface area contributed by atoms with E-state index in [0.29, 0.717) is 12.2 Å². The SMILES string of the molecule is CN(C)CCCCN1c2ccccc2C(c2ccccc2)=Nc2cccnc21.O=C(O)/C=C/C(=O)O. The first kappa shape index (κ1) is 26.3. The lowest BCUT2D eigenvalue weighted by molar-refractivity contribution is -0.134. The van der Waals surface area contributed by atoms with Gasteiger partial charge in [0.1, 0.15) is 5.69 Å². The maximum absolute atomic E-state index is 9.55. The zero-order chi connectivity index (χ0) is 25.9. The molecule has 3 aromatic rings. The fraction of sp³-hybridized carbons (Fsp3) is 0.214. The largest absolute Gasteiger partial charge is 0.478 e. The van der Waals surface area contributed by atoms with Crippen molar-refractivity contribution < 1.29 is 19.8 Å². The maximum Gasteiger partial charge on any atom is 0.328 e. The molecule has 8 heteroatoms. The molecule has 0 fully saturated rings. The average Bonchev–Trinajstić information content (AvgIpc) is 3.01. The van der Waals surface area contributed by atoms with E-state index in [-0.39, 0.29) is 0 Å². The Morgan fingerprint density at radius 1 is 0.889 bits per heavy atom. The van der Waals surface area contributed by atoms with Gasteiger partial charge < -0.3 is 20.0 Å². The third-order valence-corrected chi connectivity index (χ3v) is 5.36. The average molecular weight is 487 g/mol. The van der Waals surface area contributed by atoms with E-state index in [4.69, 9.17) is 20.2 Å². The van der Waals surface area contributed by atoms with E-state index in [1.54, 1.807) is 0 Å². The molecule has 8 nitrogen and oxygen atoms in total. The number of carboxylic acid groups (broad SMARTS) is 2. The summed E-state index contributed by atoms with van der Waals surface area (Å²) < 4.78 is 0. The monoisotopic (exact) mass is 486 g/mol. The summed E-state index contributed by atoms with van der Waals surface area (Å²) in [5.74, 6) is -1.58. The van der Waals surface area contributed by atoms with Crippen molar-refractivity contribution in [1.29, 1.82) is 0 Å². The lowest BCUT2D eigenvalue weighted by Gasteiger charge is -2.25. The molecule has 186 valence electrons. The van der Waals surface area contributed by atoms with Gasteiger partial charge in [0, 0.05) is 36.0 Å². The summed E-state index contributed by atoms with van der Waals surface area (Å²) in [7, 11) is 4.25. The van der Waals surface area contributed by atoms with Crippen LogP contribution in [0.1, 0.15) is 24.0 Å². The van der Waals surface area contributed by atoms with Crippen LogP contribution >= 0.6 is 0 Å². The zero-order valence-corrected chi connectivity index (χ0v) is 20.4. The Bertz CT molecular complexity index is 1220. The lowest BCUT2D eigenvalue weighted by Crippen LogP contribution is -2.22. The van der Waals surface area contributed by atoms with Crippen LogP contribution in [0.15, 0.2) is 90.1 Å². The predicted molar refractivity (Wildman–Crippen MR) is 142 cm³/mol. The van der Waals surface area contributed by atoms with Gasteiger partial charge in [0.25, 0.3) is 0 Å². The first-order valence-electron chi connectivity index (χ1n) is 11.6. The number of aliphatic carboxylic acids is 2. The second-order valence-electron chi connectivity index (χ2n) is 8.36. The van der Waals surface area contributed by atoms with E-state index in [0.717, 1.165) is 54.3 Å². The van der Waals surface area contributed by atoms with Crippen LogP contribution in [0.3, 0.4) is 0 Å². The first-order valence-corrected chi connectivity index (χ1v) is 11.6. The Morgan fingerprint density at radius 2 is 1.56 bits per heavy atom. The number of para-hydroxylation sites is 1. The number of benzene rings is 2. The van der Waals surface area contributed by atoms with Crippen LogP contribution in [-0.4, -0.2) is 64.9 Å². The summed E-state index contributed by atoms with van der Waals surface area (Å²) in [4.78, 5) is 33.4. The highest BCUT2D eigenvalue weighted by Crippen LogP contribution is 2.39. The Morgan fingerprint density at radius 3 is 2.22 bits per heavy atom. The van der Waals surface area contributed by atoms with Gasteiger partial charge in [0.05, 0.1) is 11.4 Å². The number of fused-ring (bicyclic) bond motifs is 2. The summed E-state index contributed by atoms with van der Waals surface area (Å²) >= 11 is 0. The molecule has 0 bridgehead atoms. The molecule has 1 aromatic heterocycles. The summed E-state index contributed by atoms with van der Waals surface area (Å²) in [6.07, 6.45) is 5.23. The smallest absolute Gasteiger partial charge is 0.328 e. The Kier molecular flexibility index (Phi) is 9.48. The first-order chi connectivity index (χ1) is 17.4. The predicted octanol–water partition coefficient (Wildman–Crippen LogP) is 4.76. The molecule has 1 aliphatic heterocycles. The van der Waals surface area contributed by atoms with Gasteiger partial charge in [-0.25, -0.2) is 19.6 Å². The zero-order valence-electron chi connectivity index (χ0n) is 20.4. The van der Waals surface area contributed by atoms with Crippen LogP contribution in [0.5, 0.6) is 0 Å². The van der Waals surface area contributed by atoms with Gasteiger partial charge in [-0.15, -0.1) is 0 Å². The van der Waals surface area contributed by atoms with Crippen LogP contribution in [0.25, 0.3) is 0 Å². The molecule has 0 unspecified atom stereocenters. The second-order valence-corrected chi connectivity index (χ2v) is 8.36. The maximum atomic E-state index is 9.55. The summed E-state index contributed by atoms with van der Waals surface area (Å²) in [5.41, 5.74) is 5.37. The quantitative estimate of drug-likeness (QED) is 0.349. The summed E-state index contributed by atoms with van der Waals surface area (Å²) in [6, 6.07) is 23.0. The molecule has 2 N–H and O–H groups in total. The number of anilines is 2. The van der Waals surface area contributed by atoms with Crippen LogP contribution < -0.4 is 4.90 Å². The normalized spacial score (nSPS) is 12.2. The fourth-order valence-electron chi connectivity index (χ4n) is 3.77. The van der Waals surface area contributed by atoms with Crippen LogP contribution in [0.4, 0.5) is 17.2 Å². The van der Waals surface area contributed by atoms with Gasteiger partial charge in [-0.3, -0.25) is 0 Å². The molecular formula is C28H30N4O4. The molecule has 0 spiro atoms. The standard InChI is InChI=1S/C24H26N4.C4H4O4/c1-27(2)17-8-9-18-28-22-15-7-6-13-20(22)23(19-11-4-3-5-12-19)26-21-14-10-16-25-24(21)28;5-3(6)1-2-4(7)8/h3-7,10-16H,8-9,17-18H2,1-2H3;1-2H,(H,5,6)(H,7,8)/b;2-1+. The highest BCUT2D eigenvalue weighted by atomic mass is 16.4. The van der Waals surface area contributed by atoms with Crippen molar-refractivity contribution in [3.8, 4) is 0 Å². The summed E-state index contributed by atoms with van der Waals surface area (Å²) in [6.45, 7) is 2.02. The van der Waals surface area contributed by atoms with E-state index in [1.807, 2.05) is 18.3 Å². The Balaban J connectivity index is 0.000000392. The Labute approximate surface area is 210 Å². The van der Waals surface area contributed by atoms with Crippen molar-refractivity contribution in [2.24, 2.45) is 4.99 Å². The van der Waals surface area contributed by atoms with Crippen molar-refractivity contribution in [1.82, 2.24) is 9.88 Å². The molecule has 0 aliphatic carbocycles. The van der Waals surface area contributed by atoms with Gasteiger partial charge in [-0.1, -0.05) is 48.5 Å². The highest BCUT2D eigenvalue weighted by molar-refractivity contribution is 6.18. The molecule has 4 rings (SSSR count). The van der Waals surface area contributed by atoms with Crippen LogP contribution in [-0.2, 0) is 9.59 Å². The molecule has 0 atom stereocenters. The number of aliphatic imine (C=N–C) groups is 1.